The van der Waals surface area contributed by atoms with Gasteiger partial charge in [-0.3, -0.25) is 4.79 Å². The van der Waals surface area contributed by atoms with Gasteiger partial charge in [-0.1, -0.05) is 63.2 Å². The van der Waals surface area contributed by atoms with Gasteiger partial charge in [0.1, 0.15) is 0 Å². The Morgan fingerprint density at radius 1 is 1.05 bits per heavy atom. The first-order chi connectivity index (χ1) is 10.5. The van der Waals surface area contributed by atoms with Crippen LogP contribution in [0.1, 0.15) is 48.7 Å². The van der Waals surface area contributed by atoms with Crippen LogP contribution in [0.3, 0.4) is 0 Å². The van der Waals surface area contributed by atoms with Crippen molar-refractivity contribution in [1.82, 2.24) is 0 Å². The highest BCUT2D eigenvalue weighted by Crippen LogP contribution is 2.35. The van der Waals surface area contributed by atoms with E-state index < -0.39 is 0 Å². The largest absolute Gasteiger partial charge is 0.381 e. The molecule has 0 radical (unpaired) electrons. The van der Waals surface area contributed by atoms with Crippen LogP contribution in [-0.4, -0.2) is 11.8 Å². The normalized spacial score (nSPS) is 17.5. The number of nitrogens with one attached hydrogen (secondary N) is 1. The molecule has 0 aromatic heterocycles. The lowest BCUT2D eigenvalue weighted by molar-refractivity contribution is 0.103. The van der Waals surface area contributed by atoms with Crippen molar-refractivity contribution in [3.8, 4) is 0 Å². The van der Waals surface area contributed by atoms with Gasteiger partial charge in [-0.2, -0.15) is 0 Å². The summed E-state index contributed by atoms with van der Waals surface area (Å²) in [5.41, 5.74) is 4.00. The SMILES string of the molecule is CC(C)(C)C1CCc2cccc(C(=O)c3ccccc3)c2N1. The highest BCUT2D eigenvalue weighted by atomic mass is 16.1. The number of carbonyl (C=O) groups is 1. The fraction of sp³-hybridized carbons (Fsp3) is 0.350. The van der Waals surface area contributed by atoms with Crippen LogP contribution in [0, 0.1) is 5.41 Å². The number of hydrogen-bond acceptors (Lipinski definition) is 2. The number of hydrogen-bond donors (Lipinski definition) is 1. The van der Waals surface area contributed by atoms with Crippen molar-refractivity contribution in [3.05, 3.63) is 65.2 Å². The maximum absolute atomic E-state index is 12.8. The molecule has 0 spiro atoms. The van der Waals surface area contributed by atoms with Crippen LogP contribution >= 0.6 is 0 Å². The van der Waals surface area contributed by atoms with Crippen molar-refractivity contribution in [2.24, 2.45) is 5.41 Å². The molecule has 22 heavy (non-hydrogen) atoms. The zero-order chi connectivity index (χ0) is 15.7. The Labute approximate surface area is 132 Å². The number of benzene rings is 2. The van der Waals surface area contributed by atoms with Gasteiger partial charge >= 0.3 is 0 Å². The lowest BCUT2D eigenvalue weighted by Gasteiger charge is -2.37. The van der Waals surface area contributed by atoms with Crippen LogP contribution in [0.15, 0.2) is 48.5 Å². The quantitative estimate of drug-likeness (QED) is 0.814. The molecule has 2 aromatic carbocycles. The third-order valence-electron chi connectivity index (χ3n) is 4.50. The van der Waals surface area contributed by atoms with Crippen LogP contribution in [0.5, 0.6) is 0 Å². The number of para-hydroxylation sites is 1. The molecule has 1 atom stereocenters. The van der Waals surface area contributed by atoms with Gasteiger partial charge in [0.05, 0.1) is 0 Å². The van der Waals surface area contributed by atoms with Gasteiger partial charge in [0.15, 0.2) is 5.78 Å². The molecule has 1 unspecified atom stereocenters. The summed E-state index contributed by atoms with van der Waals surface area (Å²) in [5, 5.41) is 3.64. The number of aryl methyl sites for hydroxylation is 1. The molecule has 0 bridgehead atoms. The molecule has 0 saturated heterocycles. The fourth-order valence-corrected chi connectivity index (χ4v) is 3.11. The van der Waals surface area contributed by atoms with Gasteiger partial charge in [0, 0.05) is 22.9 Å². The Morgan fingerprint density at radius 2 is 1.77 bits per heavy atom. The van der Waals surface area contributed by atoms with Crippen LogP contribution in [-0.2, 0) is 6.42 Å². The van der Waals surface area contributed by atoms with E-state index in [-0.39, 0.29) is 11.2 Å². The smallest absolute Gasteiger partial charge is 0.195 e. The summed E-state index contributed by atoms with van der Waals surface area (Å²) in [6.45, 7) is 6.74. The van der Waals surface area contributed by atoms with Crippen molar-refractivity contribution in [2.75, 3.05) is 5.32 Å². The molecule has 1 N–H and O–H groups in total. The minimum atomic E-state index is 0.0968. The van der Waals surface area contributed by atoms with E-state index in [4.69, 9.17) is 0 Å². The van der Waals surface area contributed by atoms with Crippen molar-refractivity contribution >= 4 is 11.5 Å². The average molecular weight is 293 g/mol. The molecule has 2 heteroatoms. The van der Waals surface area contributed by atoms with Gasteiger partial charge in [-0.25, -0.2) is 0 Å². The first-order valence-electron chi connectivity index (χ1n) is 7.95. The van der Waals surface area contributed by atoms with Gasteiger partial charge in [0.2, 0.25) is 0 Å². The maximum Gasteiger partial charge on any atom is 0.195 e. The standard InChI is InChI=1S/C20H23NO/c1-20(2,3)17-13-12-14-10-7-11-16(18(14)21-17)19(22)15-8-5-4-6-9-15/h4-11,17,21H,12-13H2,1-3H3. The lowest BCUT2D eigenvalue weighted by Crippen LogP contribution is -2.37. The van der Waals surface area contributed by atoms with Crippen molar-refractivity contribution in [2.45, 2.75) is 39.7 Å². The first-order valence-corrected chi connectivity index (χ1v) is 7.95. The van der Waals surface area contributed by atoms with E-state index >= 15 is 0 Å². The topological polar surface area (TPSA) is 29.1 Å². The summed E-state index contributed by atoms with van der Waals surface area (Å²) in [5.74, 6) is 0.0968. The number of rotatable bonds is 2. The number of carbonyl (C=O) groups excluding carboxylic acids is 1. The summed E-state index contributed by atoms with van der Waals surface area (Å²) in [7, 11) is 0. The summed E-state index contributed by atoms with van der Waals surface area (Å²) >= 11 is 0. The molecular formula is C20H23NO. The summed E-state index contributed by atoms with van der Waals surface area (Å²) in [6.07, 6.45) is 2.14. The molecule has 114 valence electrons. The maximum atomic E-state index is 12.8. The third kappa shape index (κ3) is 2.78. The second-order valence-electron chi connectivity index (χ2n) is 7.14. The van der Waals surface area contributed by atoms with E-state index in [0.29, 0.717) is 6.04 Å². The van der Waals surface area contributed by atoms with E-state index in [2.05, 4.69) is 32.2 Å². The van der Waals surface area contributed by atoms with Gasteiger partial charge in [0.25, 0.3) is 0 Å². The van der Waals surface area contributed by atoms with Crippen molar-refractivity contribution in [3.63, 3.8) is 0 Å². The summed E-state index contributed by atoms with van der Waals surface area (Å²) < 4.78 is 0. The number of ketones is 1. The second-order valence-corrected chi connectivity index (χ2v) is 7.14. The van der Waals surface area contributed by atoms with Crippen molar-refractivity contribution in [1.29, 1.82) is 0 Å². The van der Waals surface area contributed by atoms with Gasteiger partial charge in [-0.05, 0) is 29.9 Å². The molecule has 2 aromatic rings. The highest BCUT2D eigenvalue weighted by molar-refractivity contribution is 6.12. The molecular weight excluding hydrogens is 270 g/mol. The Bertz CT molecular complexity index is 683. The van der Waals surface area contributed by atoms with E-state index in [9.17, 15) is 4.79 Å². The average Bonchev–Trinajstić information content (AvgIpc) is 2.53. The zero-order valence-electron chi connectivity index (χ0n) is 13.5. The molecule has 0 amide bonds. The zero-order valence-corrected chi connectivity index (χ0v) is 13.5. The Kier molecular flexibility index (Phi) is 3.78. The van der Waals surface area contributed by atoms with E-state index in [1.807, 2.05) is 42.5 Å². The highest BCUT2D eigenvalue weighted by Gasteiger charge is 2.30. The summed E-state index contributed by atoms with van der Waals surface area (Å²) in [4.78, 5) is 12.8. The molecule has 3 rings (SSSR count). The Balaban J connectivity index is 2.00. The molecule has 2 nitrogen and oxygen atoms in total. The molecule has 1 aliphatic heterocycles. The van der Waals surface area contributed by atoms with E-state index in [1.54, 1.807) is 0 Å². The van der Waals surface area contributed by atoms with Crippen LogP contribution in [0.2, 0.25) is 0 Å². The number of anilines is 1. The molecule has 0 aliphatic carbocycles. The molecule has 1 heterocycles. The van der Waals surface area contributed by atoms with Gasteiger partial charge < -0.3 is 5.32 Å². The summed E-state index contributed by atoms with van der Waals surface area (Å²) in [6, 6.07) is 16.0. The van der Waals surface area contributed by atoms with E-state index in [0.717, 1.165) is 29.7 Å². The Hall–Kier alpha value is -2.09. The van der Waals surface area contributed by atoms with Gasteiger partial charge in [-0.15, -0.1) is 0 Å². The third-order valence-corrected chi connectivity index (χ3v) is 4.50. The Morgan fingerprint density at radius 3 is 2.45 bits per heavy atom. The molecule has 0 saturated carbocycles. The van der Waals surface area contributed by atoms with Crippen LogP contribution < -0.4 is 5.32 Å². The monoisotopic (exact) mass is 293 g/mol. The minimum absolute atomic E-state index is 0.0968. The first kappa shape index (κ1) is 14.8. The second kappa shape index (κ2) is 5.60. The number of fused-ring (bicyclic) bond motifs is 1. The molecule has 1 aliphatic rings. The minimum Gasteiger partial charge on any atom is -0.381 e. The van der Waals surface area contributed by atoms with Crippen molar-refractivity contribution < 1.29 is 4.79 Å². The predicted molar refractivity (Wildman–Crippen MR) is 91.5 cm³/mol. The van der Waals surface area contributed by atoms with E-state index in [1.165, 1.54) is 5.56 Å². The fourth-order valence-electron chi connectivity index (χ4n) is 3.11. The van der Waals surface area contributed by atoms with Crippen LogP contribution in [0.4, 0.5) is 5.69 Å². The molecule has 0 fully saturated rings. The lowest BCUT2D eigenvalue weighted by atomic mass is 9.80. The predicted octanol–water partition coefficient (Wildman–Crippen LogP) is 4.69. The van der Waals surface area contributed by atoms with Crippen LogP contribution in [0.25, 0.3) is 0 Å².